The highest BCUT2D eigenvalue weighted by atomic mass is 32.1. The Morgan fingerprint density at radius 1 is 1.38 bits per heavy atom. The SMILES string of the molecule is CC(CC(=O)c1cccs1)NC(=O)c1ccc2c(c1)OCC(=O)N2. The zero-order valence-electron chi connectivity index (χ0n) is 13.0. The summed E-state index contributed by atoms with van der Waals surface area (Å²) in [5.41, 5.74) is 0.962. The molecule has 2 N–H and O–H groups in total. The Kier molecular flexibility index (Phi) is 4.61. The minimum absolute atomic E-state index is 0.00860. The van der Waals surface area contributed by atoms with Gasteiger partial charge in [0.05, 0.1) is 10.6 Å². The molecule has 124 valence electrons. The van der Waals surface area contributed by atoms with Crippen molar-refractivity contribution in [3.05, 3.63) is 46.2 Å². The van der Waals surface area contributed by atoms with E-state index >= 15 is 0 Å². The van der Waals surface area contributed by atoms with Crippen molar-refractivity contribution in [3.63, 3.8) is 0 Å². The first-order valence-electron chi connectivity index (χ1n) is 7.47. The van der Waals surface area contributed by atoms with E-state index in [4.69, 9.17) is 4.74 Å². The van der Waals surface area contributed by atoms with Crippen molar-refractivity contribution in [2.75, 3.05) is 11.9 Å². The van der Waals surface area contributed by atoms with E-state index in [9.17, 15) is 14.4 Å². The number of hydrogen-bond donors (Lipinski definition) is 2. The molecule has 0 bridgehead atoms. The average Bonchev–Trinajstić information content (AvgIpc) is 3.08. The molecule has 7 heteroatoms. The summed E-state index contributed by atoms with van der Waals surface area (Å²) in [4.78, 5) is 36.3. The number of ether oxygens (including phenoxy) is 1. The molecule has 2 heterocycles. The summed E-state index contributed by atoms with van der Waals surface area (Å²) < 4.78 is 5.30. The summed E-state index contributed by atoms with van der Waals surface area (Å²) in [6.45, 7) is 1.72. The Labute approximate surface area is 142 Å². The maximum atomic E-state index is 12.3. The topological polar surface area (TPSA) is 84.5 Å². The van der Waals surface area contributed by atoms with E-state index in [1.165, 1.54) is 11.3 Å². The quantitative estimate of drug-likeness (QED) is 0.816. The van der Waals surface area contributed by atoms with Crippen LogP contribution in [0.25, 0.3) is 0 Å². The molecular weight excluding hydrogens is 328 g/mol. The van der Waals surface area contributed by atoms with Crippen LogP contribution >= 0.6 is 11.3 Å². The molecule has 3 rings (SSSR count). The molecule has 24 heavy (non-hydrogen) atoms. The number of ketones is 1. The number of Topliss-reactive ketones (excluding diaryl/α,β-unsaturated/α-hetero) is 1. The fraction of sp³-hybridized carbons (Fsp3) is 0.235. The lowest BCUT2D eigenvalue weighted by atomic mass is 10.1. The van der Waals surface area contributed by atoms with Gasteiger partial charge in [0.15, 0.2) is 12.4 Å². The van der Waals surface area contributed by atoms with Crippen LogP contribution in [0.1, 0.15) is 33.4 Å². The van der Waals surface area contributed by atoms with Crippen LogP contribution < -0.4 is 15.4 Å². The van der Waals surface area contributed by atoms with Crippen LogP contribution in [-0.4, -0.2) is 30.2 Å². The monoisotopic (exact) mass is 344 g/mol. The van der Waals surface area contributed by atoms with Crippen molar-refractivity contribution in [3.8, 4) is 5.75 Å². The van der Waals surface area contributed by atoms with Gasteiger partial charge < -0.3 is 15.4 Å². The highest BCUT2D eigenvalue weighted by molar-refractivity contribution is 7.12. The zero-order chi connectivity index (χ0) is 17.1. The van der Waals surface area contributed by atoms with Crippen molar-refractivity contribution in [1.82, 2.24) is 5.32 Å². The summed E-state index contributed by atoms with van der Waals surface area (Å²) >= 11 is 1.39. The molecule has 6 nitrogen and oxygen atoms in total. The van der Waals surface area contributed by atoms with E-state index in [0.717, 1.165) is 0 Å². The molecule has 0 radical (unpaired) electrons. The highest BCUT2D eigenvalue weighted by Gasteiger charge is 2.19. The second kappa shape index (κ2) is 6.84. The third kappa shape index (κ3) is 3.62. The Balaban J connectivity index is 1.62. The van der Waals surface area contributed by atoms with E-state index in [2.05, 4.69) is 10.6 Å². The predicted octanol–water partition coefficient (Wildman–Crippen LogP) is 2.47. The minimum Gasteiger partial charge on any atom is -0.482 e. The molecule has 1 aromatic carbocycles. The molecule has 1 aromatic heterocycles. The van der Waals surface area contributed by atoms with Gasteiger partial charge in [-0.15, -0.1) is 11.3 Å². The largest absolute Gasteiger partial charge is 0.482 e. The van der Waals surface area contributed by atoms with Crippen LogP contribution in [0.5, 0.6) is 5.75 Å². The van der Waals surface area contributed by atoms with Crippen molar-refractivity contribution < 1.29 is 19.1 Å². The number of nitrogens with one attached hydrogen (secondary N) is 2. The van der Waals surface area contributed by atoms with Crippen molar-refractivity contribution in [1.29, 1.82) is 0 Å². The summed E-state index contributed by atoms with van der Waals surface area (Å²) in [6, 6.07) is 8.13. The van der Waals surface area contributed by atoms with E-state index < -0.39 is 0 Å². The van der Waals surface area contributed by atoms with Gasteiger partial charge in [0.1, 0.15) is 5.75 Å². The molecule has 1 atom stereocenters. The summed E-state index contributed by atoms with van der Waals surface area (Å²) in [5, 5.41) is 7.33. The molecule has 0 saturated carbocycles. The number of benzene rings is 1. The average molecular weight is 344 g/mol. The Hall–Kier alpha value is -2.67. The maximum Gasteiger partial charge on any atom is 0.262 e. The van der Waals surface area contributed by atoms with Gasteiger partial charge in [0.2, 0.25) is 0 Å². The molecule has 1 unspecified atom stereocenters. The number of rotatable bonds is 5. The van der Waals surface area contributed by atoms with Gasteiger partial charge in [-0.2, -0.15) is 0 Å². The first-order chi connectivity index (χ1) is 11.5. The first-order valence-corrected chi connectivity index (χ1v) is 8.35. The van der Waals surface area contributed by atoms with Crippen molar-refractivity contribution in [2.24, 2.45) is 0 Å². The summed E-state index contributed by atoms with van der Waals surface area (Å²) in [7, 11) is 0. The van der Waals surface area contributed by atoms with Crippen LogP contribution in [0.3, 0.4) is 0 Å². The van der Waals surface area contributed by atoms with Crippen molar-refractivity contribution in [2.45, 2.75) is 19.4 Å². The number of amides is 2. The van der Waals surface area contributed by atoms with Gasteiger partial charge in [-0.3, -0.25) is 14.4 Å². The van der Waals surface area contributed by atoms with E-state index in [1.54, 1.807) is 31.2 Å². The Morgan fingerprint density at radius 2 is 2.21 bits per heavy atom. The summed E-state index contributed by atoms with van der Waals surface area (Å²) in [5.74, 6) is -0.0379. The second-order valence-corrected chi connectivity index (χ2v) is 6.47. The normalized spacial score (nSPS) is 14.1. The molecule has 0 fully saturated rings. The molecule has 0 saturated heterocycles. The van der Waals surface area contributed by atoms with Crippen LogP contribution in [0.4, 0.5) is 5.69 Å². The van der Waals surface area contributed by atoms with Gasteiger partial charge in [0.25, 0.3) is 11.8 Å². The smallest absolute Gasteiger partial charge is 0.262 e. The number of thiophene rings is 1. The zero-order valence-corrected chi connectivity index (χ0v) is 13.8. The first kappa shape index (κ1) is 16.2. The molecule has 0 spiro atoms. The third-order valence-electron chi connectivity index (χ3n) is 3.54. The van der Waals surface area contributed by atoms with Gasteiger partial charge in [-0.25, -0.2) is 0 Å². The van der Waals surface area contributed by atoms with E-state index in [-0.39, 0.29) is 36.7 Å². The molecule has 2 aromatic rings. The Bertz CT molecular complexity index is 786. The van der Waals surface area contributed by atoms with Gasteiger partial charge in [-0.05, 0) is 36.6 Å². The lowest BCUT2D eigenvalue weighted by molar-refractivity contribution is -0.118. The predicted molar refractivity (Wildman–Crippen MR) is 90.8 cm³/mol. The number of carbonyl (C=O) groups excluding carboxylic acids is 3. The molecular formula is C17H16N2O4S. The number of hydrogen-bond acceptors (Lipinski definition) is 5. The highest BCUT2D eigenvalue weighted by Crippen LogP contribution is 2.28. The maximum absolute atomic E-state index is 12.3. The molecule has 1 aliphatic heterocycles. The molecule has 0 aliphatic carbocycles. The van der Waals surface area contributed by atoms with Crippen LogP contribution in [0.2, 0.25) is 0 Å². The van der Waals surface area contributed by atoms with E-state index in [0.29, 0.717) is 21.9 Å². The number of carbonyl (C=O) groups is 3. The van der Waals surface area contributed by atoms with Gasteiger partial charge in [-0.1, -0.05) is 6.07 Å². The van der Waals surface area contributed by atoms with Crippen LogP contribution in [0.15, 0.2) is 35.7 Å². The van der Waals surface area contributed by atoms with Gasteiger partial charge >= 0.3 is 0 Å². The van der Waals surface area contributed by atoms with Crippen LogP contribution in [-0.2, 0) is 4.79 Å². The van der Waals surface area contributed by atoms with Crippen LogP contribution in [0, 0.1) is 0 Å². The fourth-order valence-electron chi connectivity index (χ4n) is 2.39. The van der Waals surface area contributed by atoms with Gasteiger partial charge in [0, 0.05) is 18.0 Å². The lowest BCUT2D eigenvalue weighted by Crippen LogP contribution is -2.34. The number of anilines is 1. The summed E-state index contributed by atoms with van der Waals surface area (Å²) in [6.07, 6.45) is 0.240. The fourth-order valence-corrected chi connectivity index (χ4v) is 3.07. The molecule has 1 aliphatic rings. The Morgan fingerprint density at radius 3 is 2.96 bits per heavy atom. The standard InChI is InChI=1S/C17H16N2O4S/c1-10(7-13(20)15-3-2-6-24-15)18-17(22)11-4-5-12-14(8-11)23-9-16(21)19-12/h2-6,8,10H,7,9H2,1H3,(H,18,22)(H,19,21). The minimum atomic E-state index is -0.288. The lowest BCUT2D eigenvalue weighted by Gasteiger charge is -2.19. The van der Waals surface area contributed by atoms with E-state index in [1.807, 2.05) is 11.4 Å². The van der Waals surface area contributed by atoms with Crippen molar-refractivity contribution >= 4 is 34.6 Å². The molecule has 2 amide bonds. The second-order valence-electron chi connectivity index (χ2n) is 5.53. The number of fused-ring (bicyclic) bond motifs is 1. The third-order valence-corrected chi connectivity index (χ3v) is 4.45.